The van der Waals surface area contributed by atoms with Crippen LogP contribution in [0, 0.1) is 5.92 Å². The molecule has 1 aliphatic heterocycles. The van der Waals surface area contributed by atoms with Crippen LogP contribution in [0.4, 0.5) is 11.4 Å². The lowest BCUT2D eigenvalue weighted by molar-refractivity contribution is 0.398. The van der Waals surface area contributed by atoms with Gasteiger partial charge < -0.3 is 10.6 Å². The van der Waals surface area contributed by atoms with Gasteiger partial charge in [-0.05, 0) is 46.5 Å². The van der Waals surface area contributed by atoms with Gasteiger partial charge in [-0.3, -0.25) is 0 Å². The summed E-state index contributed by atoms with van der Waals surface area (Å²) < 4.78 is 1.10. The molecule has 76 valence electrons. The van der Waals surface area contributed by atoms with Gasteiger partial charge in [0, 0.05) is 23.2 Å². The molecular formula is C11H15BrN2. The number of rotatable bonds is 2. The van der Waals surface area contributed by atoms with Crippen molar-refractivity contribution in [2.24, 2.45) is 5.92 Å². The van der Waals surface area contributed by atoms with Crippen molar-refractivity contribution in [2.45, 2.75) is 13.3 Å². The summed E-state index contributed by atoms with van der Waals surface area (Å²) in [6.45, 7) is 4.61. The van der Waals surface area contributed by atoms with Crippen molar-refractivity contribution < 1.29 is 0 Å². The number of benzene rings is 1. The van der Waals surface area contributed by atoms with Gasteiger partial charge in [0.15, 0.2) is 0 Å². The van der Waals surface area contributed by atoms with Crippen molar-refractivity contribution >= 4 is 27.3 Å². The van der Waals surface area contributed by atoms with Gasteiger partial charge in [-0.2, -0.15) is 0 Å². The summed E-state index contributed by atoms with van der Waals surface area (Å²) in [5, 5.41) is 0. The van der Waals surface area contributed by atoms with Gasteiger partial charge >= 0.3 is 0 Å². The fraction of sp³-hybridized carbons (Fsp3) is 0.455. The first kappa shape index (κ1) is 9.84. The van der Waals surface area contributed by atoms with E-state index in [1.165, 1.54) is 25.2 Å². The molecule has 1 saturated heterocycles. The summed E-state index contributed by atoms with van der Waals surface area (Å²) in [4.78, 5) is 2.39. The largest absolute Gasteiger partial charge is 0.399 e. The maximum atomic E-state index is 5.69. The Bertz CT molecular complexity index is 332. The Kier molecular flexibility index (Phi) is 2.68. The van der Waals surface area contributed by atoms with Crippen LogP contribution in [0.15, 0.2) is 22.7 Å². The molecule has 0 amide bonds. The minimum Gasteiger partial charge on any atom is -0.399 e. The van der Waals surface area contributed by atoms with E-state index in [9.17, 15) is 0 Å². The normalized spacial score (nSPS) is 16.9. The average molecular weight is 255 g/mol. The number of nitrogen functional groups attached to an aromatic ring is 1. The number of hydrogen-bond donors (Lipinski definition) is 1. The van der Waals surface area contributed by atoms with Crippen LogP contribution in [0.2, 0.25) is 0 Å². The SMILES string of the molecule is CCC1CN(c2ccc(N)cc2Br)C1. The molecule has 0 spiro atoms. The molecule has 1 aromatic rings. The third-order valence-corrected chi connectivity index (χ3v) is 3.48. The smallest absolute Gasteiger partial charge is 0.0512 e. The summed E-state index contributed by atoms with van der Waals surface area (Å²) in [5.41, 5.74) is 7.77. The highest BCUT2D eigenvalue weighted by Crippen LogP contribution is 2.33. The molecule has 0 bridgehead atoms. The van der Waals surface area contributed by atoms with Crippen LogP contribution < -0.4 is 10.6 Å². The molecule has 2 nitrogen and oxygen atoms in total. The second-order valence-corrected chi connectivity index (χ2v) is 4.74. The molecule has 1 fully saturated rings. The molecule has 2 rings (SSSR count). The van der Waals surface area contributed by atoms with Gasteiger partial charge in [-0.1, -0.05) is 6.92 Å². The first-order valence-electron chi connectivity index (χ1n) is 5.00. The van der Waals surface area contributed by atoms with Crippen molar-refractivity contribution in [1.82, 2.24) is 0 Å². The molecule has 0 aromatic heterocycles. The monoisotopic (exact) mass is 254 g/mol. The summed E-state index contributed by atoms with van der Waals surface area (Å²) in [5.74, 6) is 0.874. The molecule has 1 heterocycles. The van der Waals surface area contributed by atoms with Crippen LogP contribution in [0.5, 0.6) is 0 Å². The molecule has 0 radical (unpaired) electrons. The molecule has 0 unspecified atom stereocenters. The summed E-state index contributed by atoms with van der Waals surface area (Å²) in [6, 6.07) is 6.01. The lowest BCUT2D eigenvalue weighted by atomic mass is 9.96. The quantitative estimate of drug-likeness (QED) is 0.823. The predicted molar refractivity (Wildman–Crippen MR) is 64.5 cm³/mol. The van der Waals surface area contributed by atoms with E-state index < -0.39 is 0 Å². The molecule has 1 aromatic carbocycles. The first-order chi connectivity index (χ1) is 6.70. The van der Waals surface area contributed by atoms with Crippen LogP contribution in [-0.2, 0) is 0 Å². The lowest BCUT2D eigenvalue weighted by Gasteiger charge is -2.41. The van der Waals surface area contributed by atoms with Crippen molar-refractivity contribution in [3.63, 3.8) is 0 Å². The van der Waals surface area contributed by atoms with Gasteiger partial charge in [-0.15, -0.1) is 0 Å². The zero-order valence-corrected chi connectivity index (χ0v) is 9.92. The molecule has 2 N–H and O–H groups in total. The first-order valence-corrected chi connectivity index (χ1v) is 5.80. The van der Waals surface area contributed by atoms with Crippen LogP contribution in [-0.4, -0.2) is 13.1 Å². The molecule has 0 atom stereocenters. The van der Waals surface area contributed by atoms with Gasteiger partial charge in [0.25, 0.3) is 0 Å². The van der Waals surface area contributed by atoms with Gasteiger partial charge in [0.05, 0.1) is 5.69 Å². The Morgan fingerprint density at radius 3 is 2.79 bits per heavy atom. The van der Waals surface area contributed by atoms with Gasteiger partial charge in [0.1, 0.15) is 0 Å². The standard InChI is InChI=1S/C11H15BrN2/c1-2-8-6-14(7-8)11-4-3-9(13)5-10(11)12/h3-5,8H,2,6-7,13H2,1H3. The molecule has 14 heavy (non-hydrogen) atoms. The molecule has 0 aliphatic carbocycles. The Labute approximate surface area is 93.2 Å². The summed E-state index contributed by atoms with van der Waals surface area (Å²) >= 11 is 3.54. The Morgan fingerprint density at radius 2 is 2.21 bits per heavy atom. The van der Waals surface area contributed by atoms with E-state index in [1.807, 2.05) is 12.1 Å². The fourth-order valence-electron chi connectivity index (χ4n) is 1.80. The zero-order valence-electron chi connectivity index (χ0n) is 8.33. The van der Waals surface area contributed by atoms with E-state index >= 15 is 0 Å². The fourth-order valence-corrected chi connectivity index (χ4v) is 2.45. The van der Waals surface area contributed by atoms with E-state index in [1.54, 1.807) is 0 Å². The van der Waals surface area contributed by atoms with E-state index in [4.69, 9.17) is 5.73 Å². The molecule has 1 aliphatic rings. The number of hydrogen-bond acceptors (Lipinski definition) is 2. The minimum atomic E-state index is 0.813. The number of halogens is 1. The van der Waals surface area contributed by atoms with E-state index in [2.05, 4.69) is 33.8 Å². The third-order valence-electron chi connectivity index (χ3n) is 2.85. The lowest BCUT2D eigenvalue weighted by Crippen LogP contribution is -2.46. The topological polar surface area (TPSA) is 29.3 Å². The number of anilines is 2. The van der Waals surface area contributed by atoms with Crippen LogP contribution in [0.25, 0.3) is 0 Å². The molecular weight excluding hydrogens is 240 g/mol. The maximum absolute atomic E-state index is 5.69. The van der Waals surface area contributed by atoms with Crippen molar-refractivity contribution in [1.29, 1.82) is 0 Å². The highest BCUT2D eigenvalue weighted by atomic mass is 79.9. The van der Waals surface area contributed by atoms with Crippen molar-refractivity contribution in [2.75, 3.05) is 23.7 Å². The highest BCUT2D eigenvalue weighted by Gasteiger charge is 2.26. The summed E-state index contributed by atoms with van der Waals surface area (Å²) in [6.07, 6.45) is 1.28. The second-order valence-electron chi connectivity index (χ2n) is 3.89. The zero-order chi connectivity index (χ0) is 10.1. The van der Waals surface area contributed by atoms with E-state index in [-0.39, 0.29) is 0 Å². The number of nitrogens with two attached hydrogens (primary N) is 1. The van der Waals surface area contributed by atoms with E-state index in [0.29, 0.717) is 0 Å². The Balaban J connectivity index is 2.11. The van der Waals surface area contributed by atoms with Crippen molar-refractivity contribution in [3.8, 4) is 0 Å². The highest BCUT2D eigenvalue weighted by molar-refractivity contribution is 9.10. The van der Waals surface area contributed by atoms with Crippen LogP contribution in [0.1, 0.15) is 13.3 Å². The summed E-state index contributed by atoms with van der Waals surface area (Å²) in [7, 11) is 0. The van der Waals surface area contributed by atoms with Crippen molar-refractivity contribution in [3.05, 3.63) is 22.7 Å². The number of nitrogens with zero attached hydrogens (tertiary/aromatic N) is 1. The van der Waals surface area contributed by atoms with Crippen LogP contribution >= 0.6 is 15.9 Å². The Hall–Kier alpha value is -0.700. The molecule has 3 heteroatoms. The second kappa shape index (κ2) is 3.81. The van der Waals surface area contributed by atoms with Gasteiger partial charge in [-0.25, -0.2) is 0 Å². The predicted octanol–water partition coefficient (Wildman–Crippen LogP) is 2.88. The minimum absolute atomic E-state index is 0.813. The maximum Gasteiger partial charge on any atom is 0.0512 e. The average Bonchev–Trinajstić information content (AvgIpc) is 2.06. The Morgan fingerprint density at radius 1 is 1.50 bits per heavy atom. The van der Waals surface area contributed by atoms with E-state index in [0.717, 1.165) is 16.1 Å². The third kappa shape index (κ3) is 1.73. The molecule has 0 saturated carbocycles. The van der Waals surface area contributed by atoms with Gasteiger partial charge in [0.2, 0.25) is 0 Å². The van der Waals surface area contributed by atoms with Crippen LogP contribution in [0.3, 0.4) is 0 Å².